The molecule has 0 bridgehead atoms. The van der Waals surface area contributed by atoms with E-state index in [-0.39, 0.29) is 35.8 Å². The van der Waals surface area contributed by atoms with Crippen molar-refractivity contribution in [3.8, 4) is 0 Å². The second-order valence-corrected chi connectivity index (χ2v) is 6.72. The number of guanidine groups is 1. The number of halogens is 1. The molecule has 0 saturated heterocycles. The number of carbonyl (C=O) groups excluding carboxylic acids is 1. The number of aryl methyl sites for hydroxylation is 1. The molecule has 1 amide bonds. The van der Waals surface area contributed by atoms with Crippen LogP contribution in [-0.4, -0.2) is 43.0 Å². The molecule has 0 unspecified atom stereocenters. The first-order chi connectivity index (χ1) is 12.8. The van der Waals surface area contributed by atoms with Crippen LogP contribution in [-0.2, 0) is 11.2 Å². The van der Waals surface area contributed by atoms with Gasteiger partial charge in [-0.3, -0.25) is 9.79 Å². The number of rotatable bonds is 9. The number of amides is 1. The molecule has 6 nitrogen and oxygen atoms in total. The second kappa shape index (κ2) is 11.2. The minimum Gasteiger partial charge on any atom is -0.361 e. The Kier molecular flexibility index (Phi) is 8.90. The third-order valence-electron chi connectivity index (χ3n) is 4.56. The fraction of sp³-hybridized carbons (Fsp3) is 0.500. The molecule has 0 aliphatic heterocycles. The Balaban J connectivity index is 0.00000261. The Bertz CT molecular complexity index is 754. The first-order valence-electron chi connectivity index (χ1n) is 9.63. The SMILES string of the molecule is CCNC(=NCCCc1c[nH]c2ccccc12)NCCNC(=O)C1CC1.I. The van der Waals surface area contributed by atoms with E-state index in [9.17, 15) is 4.79 Å². The molecule has 1 aliphatic carbocycles. The molecule has 0 radical (unpaired) electrons. The van der Waals surface area contributed by atoms with Crippen LogP contribution in [0.15, 0.2) is 35.5 Å². The Labute approximate surface area is 178 Å². The van der Waals surface area contributed by atoms with Crippen molar-refractivity contribution < 1.29 is 4.79 Å². The van der Waals surface area contributed by atoms with Crippen LogP contribution in [0.3, 0.4) is 0 Å². The molecule has 1 fully saturated rings. The molecule has 1 heterocycles. The summed E-state index contributed by atoms with van der Waals surface area (Å²) in [7, 11) is 0. The fourth-order valence-corrected chi connectivity index (χ4v) is 3.00. The summed E-state index contributed by atoms with van der Waals surface area (Å²) in [5.41, 5.74) is 2.53. The Morgan fingerprint density at radius 2 is 1.96 bits per heavy atom. The maximum atomic E-state index is 11.6. The number of hydrogen-bond acceptors (Lipinski definition) is 2. The van der Waals surface area contributed by atoms with E-state index in [1.807, 2.05) is 6.07 Å². The number of nitrogens with zero attached hydrogens (tertiary/aromatic N) is 1. The molecular formula is C20H30IN5O. The van der Waals surface area contributed by atoms with Crippen molar-refractivity contribution in [3.05, 3.63) is 36.0 Å². The maximum absolute atomic E-state index is 11.6. The molecule has 7 heteroatoms. The smallest absolute Gasteiger partial charge is 0.223 e. The lowest BCUT2D eigenvalue weighted by atomic mass is 10.1. The van der Waals surface area contributed by atoms with Gasteiger partial charge in [0.1, 0.15) is 0 Å². The summed E-state index contributed by atoms with van der Waals surface area (Å²) in [6.45, 7) is 4.96. The summed E-state index contributed by atoms with van der Waals surface area (Å²) in [6, 6.07) is 8.39. The largest absolute Gasteiger partial charge is 0.361 e. The number of carbonyl (C=O) groups is 1. The van der Waals surface area contributed by atoms with Gasteiger partial charge in [0.05, 0.1) is 0 Å². The molecule has 0 spiro atoms. The van der Waals surface area contributed by atoms with Gasteiger partial charge in [0.25, 0.3) is 0 Å². The van der Waals surface area contributed by atoms with Gasteiger partial charge in [-0.25, -0.2) is 0 Å². The molecular weight excluding hydrogens is 453 g/mol. The van der Waals surface area contributed by atoms with E-state index in [0.29, 0.717) is 13.1 Å². The van der Waals surface area contributed by atoms with Gasteiger partial charge in [0, 0.05) is 49.2 Å². The van der Waals surface area contributed by atoms with Gasteiger partial charge in [-0.1, -0.05) is 18.2 Å². The van der Waals surface area contributed by atoms with Crippen molar-refractivity contribution in [3.63, 3.8) is 0 Å². The summed E-state index contributed by atoms with van der Waals surface area (Å²) >= 11 is 0. The van der Waals surface area contributed by atoms with Crippen molar-refractivity contribution in [2.24, 2.45) is 10.9 Å². The molecule has 1 aliphatic rings. The van der Waals surface area contributed by atoms with Crippen LogP contribution in [0.4, 0.5) is 0 Å². The van der Waals surface area contributed by atoms with E-state index in [1.54, 1.807) is 0 Å². The third-order valence-corrected chi connectivity index (χ3v) is 4.56. The molecule has 1 saturated carbocycles. The first kappa shape index (κ1) is 21.5. The number of H-pyrrole nitrogens is 1. The topological polar surface area (TPSA) is 81.3 Å². The van der Waals surface area contributed by atoms with Crippen LogP contribution >= 0.6 is 24.0 Å². The number of aromatic nitrogens is 1. The van der Waals surface area contributed by atoms with Crippen LogP contribution in [0, 0.1) is 5.92 Å². The van der Waals surface area contributed by atoms with Crippen molar-refractivity contribution in [1.82, 2.24) is 20.9 Å². The van der Waals surface area contributed by atoms with Crippen LogP contribution < -0.4 is 16.0 Å². The highest BCUT2D eigenvalue weighted by atomic mass is 127. The number of nitrogens with one attached hydrogen (secondary N) is 4. The van der Waals surface area contributed by atoms with Crippen molar-refractivity contribution in [2.45, 2.75) is 32.6 Å². The van der Waals surface area contributed by atoms with Crippen molar-refractivity contribution >= 4 is 46.7 Å². The third kappa shape index (κ3) is 6.71. The fourth-order valence-electron chi connectivity index (χ4n) is 3.00. The monoisotopic (exact) mass is 483 g/mol. The van der Waals surface area contributed by atoms with Gasteiger partial charge in [-0.05, 0) is 44.2 Å². The van der Waals surface area contributed by atoms with E-state index in [4.69, 9.17) is 0 Å². The Morgan fingerprint density at radius 3 is 2.74 bits per heavy atom. The predicted molar refractivity (Wildman–Crippen MR) is 122 cm³/mol. The van der Waals surface area contributed by atoms with Crippen LogP contribution in [0.5, 0.6) is 0 Å². The number of aromatic amines is 1. The molecule has 2 aromatic rings. The zero-order chi connectivity index (χ0) is 18.2. The van der Waals surface area contributed by atoms with Gasteiger partial charge in [0.15, 0.2) is 5.96 Å². The van der Waals surface area contributed by atoms with Gasteiger partial charge in [0.2, 0.25) is 5.91 Å². The van der Waals surface area contributed by atoms with Crippen LogP contribution in [0.25, 0.3) is 10.9 Å². The molecule has 148 valence electrons. The number of benzene rings is 1. The minimum atomic E-state index is 0. The van der Waals surface area contributed by atoms with E-state index in [1.165, 1.54) is 16.5 Å². The summed E-state index contributed by atoms with van der Waals surface area (Å²) in [5, 5.41) is 10.8. The van der Waals surface area contributed by atoms with E-state index in [2.05, 4.69) is 57.2 Å². The number of hydrogen-bond donors (Lipinski definition) is 4. The lowest BCUT2D eigenvalue weighted by Gasteiger charge is -2.11. The molecule has 1 aromatic carbocycles. The highest BCUT2D eigenvalue weighted by Crippen LogP contribution is 2.28. The number of aliphatic imine (C=N–C) groups is 1. The Morgan fingerprint density at radius 1 is 1.19 bits per heavy atom. The molecule has 0 atom stereocenters. The van der Waals surface area contributed by atoms with Crippen molar-refractivity contribution in [2.75, 3.05) is 26.2 Å². The summed E-state index contributed by atoms with van der Waals surface area (Å²) in [4.78, 5) is 19.6. The van der Waals surface area contributed by atoms with E-state index in [0.717, 1.165) is 44.7 Å². The highest BCUT2D eigenvalue weighted by molar-refractivity contribution is 14.0. The summed E-state index contributed by atoms with van der Waals surface area (Å²) in [5.74, 6) is 1.26. The van der Waals surface area contributed by atoms with Gasteiger partial charge in [-0.15, -0.1) is 24.0 Å². The van der Waals surface area contributed by atoms with Gasteiger partial charge >= 0.3 is 0 Å². The number of para-hydroxylation sites is 1. The number of fused-ring (bicyclic) bond motifs is 1. The molecule has 3 rings (SSSR count). The Hall–Kier alpha value is -1.77. The maximum Gasteiger partial charge on any atom is 0.223 e. The summed E-state index contributed by atoms with van der Waals surface area (Å²) in [6.07, 6.45) is 6.18. The lowest BCUT2D eigenvalue weighted by molar-refractivity contribution is -0.122. The van der Waals surface area contributed by atoms with Gasteiger partial charge in [-0.2, -0.15) is 0 Å². The first-order valence-corrected chi connectivity index (χ1v) is 9.63. The minimum absolute atomic E-state index is 0. The average molecular weight is 483 g/mol. The van der Waals surface area contributed by atoms with E-state index >= 15 is 0 Å². The quantitative estimate of drug-likeness (QED) is 0.192. The average Bonchev–Trinajstić information content (AvgIpc) is 3.43. The lowest BCUT2D eigenvalue weighted by Crippen LogP contribution is -2.41. The summed E-state index contributed by atoms with van der Waals surface area (Å²) < 4.78 is 0. The van der Waals surface area contributed by atoms with Crippen LogP contribution in [0.1, 0.15) is 31.7 Å². The van der Waals surface area contributed by atoms with Crippen LogP contribution in [0.2, 0.25) is 0 Å². The normalized spacial score (nSPS) is 13.9. The zero-order valence-corrected chi connectivity index (χ0v) is 18.2. The zero-order valence-electron chi connectivity index (χ0n) is 15.9. The molecule has 1 aromatic heterocycles. The predicted octanol–water partition coefficient (Wildman–Crippen LogP) is 2.80. The molecule has 27 heavy (non-hydrogen) atoms. The van der Waals surface area contributed by atoms with E-state index < -0.39 is 0 Å². The van der Waals surface area contributed by atoms with Crippen molar-refractivity contribution in [1.29, 1.82) is 0 Å². The van der Waals surface area contributed by atoms with Gasteiger partial charge < -0.3 is 20.9 Å². The standard InChI is InChI=1S/C20H29N5O.HI/c1-2-21-20(24-13-12-22-19(26)15-9-10-15)23-11-5-6-16-14-25-18-8-4-3-7-17(16)18;/h3-4,7-8,14-15,25H,2,5-6,9-13H2,1H3,(H,22,26)(H2,21,23,24);1H. The molecule has 4 N–H and O–H groups in total. The highest BCUT2D eigenvalue weighted by Gasteiger charge is 2.28. The second-order valence-electron chi connectivity index (χ2n) is 6.72.